The van der Waals surface area contributed by atoms with Crippen LogP contribution in [0.5, 0.6) is 5.75 Å². The molecule has 84 valence electrons. The number of thioether (sulfide) groups is 1. The first-order valence-corrected chi connectivity index (χ1v) is 5.47. The van der Waals surface area contributed by atoms with Crippen molar-refractivity contribution in [2.24, 2.45) is 0 Å². The molecule has 0 heterocycles. The van der Waals surface area contributed by atoms with Gasteiger partial charge in [-0.3, -0.25) is 0 Å². The lowest BCUT2D eigenvalue weighted by Crippen LogP contribution is -2.06. The van der Waals surface area contributed by atoms with E-state index in [9.17, 15) is 18.3 Å². The molecule has 1 nitrogen and oxygen atoms in total. The van der Waals surface area contributed by atoms with Crippen LogP contribution in [0.1, 0.15) is 18.9 Å². The van der Waals surface area contributed by atoms with Gasteiger partial charge in [-0.2, -0.15) is 13.2 Å². The molecular formula is C10H11F3OS. The lowest BCUT2D eigenvalue weighted by Gasteiger charge is -2.13. The molecule has 0 aliphatic heterocycles. The van der Waals surface area contributed by atoms with Crippen LogP contribution < -0.4 is 0 Å². The van der Waals surface area contributed by atoms with E-state index in [4.69, 9.17) is 0 Å². The van der Waals surface area contributed by atoms with Crippen molar-refractivity contribution >= 4 is 11.8 Å². The summed E-state index contributed by atoms with van der Waals surface area (Å²) >= 11 is 1.03. The summed E-state index contributed by atoms with van der Waals surface area (Å²) in [5, 5.41) is 9.36. The van der Waals surface area contributed by atoms with Crippen molar-refractivity contribution < 1.29 is 18.3 Å². The Labute approximate surface area is 90.3 Å². The van der Waals surface area contributed by atoms with Crippen LogP contribution in [0.25, 0.3) is 0 Å². The quantitative estimate of drug-likeness (QED) is 0.803. The minimum absolute atomic E-state index is 0.0770. The first-order valence-electron chi connectivity index (χ1n) is 4.48. The van der Waals surface area contributed by atoms with E-state index in [0.717, 1.165) is 24.2 Å². The fourth-order valence-corrected chi connectivity index (χ4v) is 2.07. The molecule has 0 bridgehead atoms. The lowest BCUT2D eigenvalue weighted by molar-refractivity contribution is -0.139. The molecule has 1 aromatic carbocycles. The Morgan fingerprint density at radius 2 is 2.00 bits per heavy atom. The van der Waals surface area contributed by atoms with E-state index < -0.39 is 11.7 Å². The summed E-state index contributed by atoms with van der Waals surface area (Å²) in [5.41, 5.74) is -0.763. The zero-order valence-electron chi connectivity index (χ0n) is 8.14. The van der Waals surface area contributed by atoms with Crippen molar-refractivity contribution in [3.05, 3.63) is 23.8 Å². The van der Waals surface area contributed by atoms with Gasteiger partial charge in [-0.05, 0) is 24.3 Å². The van der Waals surface area contributed by atoms with E-state index in [1.54, 1.807) is 0 Å². The summed E-state index contributed by atoms with van der Waals surface area (Å²) in [7, 11) is 0. The molecule has 0 atom stereocenters. The van der Waals surface area contributed by atoms with Gasteiger partial charge >= 0.3 is 6.18 Å². The monoisotopic (exact) mass is 236 g/mol. The van der Waals surface area contributed by atoms with Gasteiger partial charge in [-0.25, -0.2) is 0 Å². The minimum atomic E-state index is -4.41. The molecule has 0 unspecified atom stereocenters. The summed E-state index contributed by atoms with van der Waals surface area (Å²) in [5.74, 6) is 0.254. The van der Waals surface area contributed by atoms with E-state index in [1.807, 2.05) is 6.92 Å². The molecule has 0 aliphatic rings. The third-order valence-corrected chi connectivity index (χ3v) is 3.08. The van der Waals surface area contributed by atoms with Gasteiger partial charge < -0.3 is 5.11 Å². The number of aromatic hydroxyl groups is 1. The van der Waals surface area contributed by atoms with E-state index in [2.05, 4.69) is 0 Å². The second kappa shape index (κ2) is 4.79. The van der Waals surface area contributed by atoms with E-state index in [0.29, 0.717) is 5.75 Å². The fourth-order valence-electron chi connectivity index (χ4n) is 1.10. The summed E-state index contributed by atoms with van der Waals surface area (Å²) < 4.78 is 37.6. The number of halogens is 3. The number of benzene rings is 1. The maximum atomic E-state index is 12.5. The van der Waals surface area contributed by atoms with E-state index in [-0.39, 0.29) is 10.6 Å². The average Bonchev–Trinajstić information content (AvgIpc) is 2.14. The summed E-state index contributed by atoms with van der Waals surface area (Å²) in [6.45, 7) is 1.88. The summed E-state index contributed by atoms with van der Waals surface area (Å²) in [4.78, 5) is -0.0770. The van der Waals surface area contributed by atoms with E-state index in [1.165, 1.54) is 12.1 Å². The Morgan fingerprint density at radius 1 is 1.33 bits per heavy atom. The van der Waals surface area contributed by atoms with Crippen LogP contribution in [-0.2, 0) is 6.18 Å². The third-order valence-electron chi connectivity index (χ3n) is 1.75. The van der Waals surface area contributed by atoms with Gasteiger partial charge in [-0.1, -0.05) is 13.0 Å². The Morgan fingerprint density at radius 3 is 2.53 bits per heavy atom. The highest BCUT2D eigenvalue weighted by Gasteiger charge is 2.34. The minimum Gasteiger partial charge on any atom is -0.507 e. The molecule has 0 aliphatic carbocycles. The van der Waals surface area contributed by atoms with Crippen LogP contribution in [0.15, 0.2) is 23.1 Å². The standard InChI is InChI=1S/C10H11F3OS/c1-2-6-15-9-7(10(11,12)13)4-3-5-8(9)14/h3-5,14H,2,6H2,1H3. The van der Waals surface area contributed by atoms with Crippen molar-refractivity contribution in [2.45, 2.75) is 24.4 Å². The van der Waals surface area contributed by atoms with Crippen LogP contribution in [0, 0.1) is 0 Å². The normalized spacial score (nSPS) is 11.7. The van der Waals surface area contributed by atoms with Crippen LogP contribution in [0.4, 0.5) is 13.2 Å². The van der Waals surface area contributed by atoms with Gasteiger partial charge in [0.05, 0.1) is 10.5 Å². The van der Waals surface area contributed by atoms with Gasteiger partial charge in [-0.15, -0.1) is 11.8 Å². The molecule has 15 heavy (non-hydrogen) atoms. The Kier molecular flexibility index (Phi) is 3.90. The van der Waals surface area contributed by atoms with Gasteiger partial charge in [0.25, 0.3) is 0 Å². The number of rotatable bonds is 3. The fraction of sp³-hybridized carbons (Fsp3) is 0.400. The van der Waals surface area contributed by atoms with Crippen molar-refractivity contribution in [2.75, 3.05) is 5.75 Å². The van der Waals surface area contributed by atoms with Crippen LogP contribution in [-0.4, -0.2) is 10.9 Å². The second-order valence-corrected chi connectivity index (χ2v) is 4.11. The van der Waals surface area contributed by atoms with E-state index >= 15 is 0 Å². The highest BCUT2D eigenvalue weighted by atomic mass is 32.2. The summed E-state index contributed by atoms with van der Waals surface area (Å²) in [6.07, 6.45) is -3.65. The maximum absolute atomic E-state index is 12.5. The van der Waals surface area contributed by atoms with Gasteiger partial charge in [0.15, 0.2) is 0 Å². The zero-order valence-corrected chi connectivity index (χ0v) is 8.95. The average molecular weight is 236 g/mol. The number of hydrogen-bond donors (Lipinski definition) is 1. The third kappa shape index (κ3) is 3.06. The molecule has 0 saturated carbocycles. The molecule has 0 spiro atoms. The van der Waals surface area contributed by atoms with Gasteiger partial charge in [0, 0.05) is 0 Å². The van der Waals surface area contributed by atoms with Gasteiger partial charge in [0.1, 0.15) is 5.75 Å². The zero-order chi connectivity index (χ0) is 11.5. The Hall–Kier alpha value is -0.840. The van der Waals surface area contributed by atoms with Crippen LogP contribution in [0.3, 0.4) is 0 Å². The van der Waals surface area contributed by atoms with Crippen LogP contribution >= 0.6 is 11.8 Å². The number of phenols is 1. The molecular weight excluding hydrogens is 225 g/mol. The first-order chi connectivity index (χ1) is 6.96. The topological polar surface area (TPSA) is 20.2 Å². The highest BCUT2D eigenvalue weighted by Crippen LogP contribution is 2.41. The smallest absolute Gasteiger partial charge is 0.417 e. The predicted molar refractivity (Wildman–Crippen MR) is 54.1 cm³/mol. The molecule has 0 fully saturated rings. The number of alkyl halides is 3. The maximum Gasteiger partial charge on any atom is 0.417 e. The molecule has 0 aromatic heterocycles. The molecule has 1 aromatic rings. The number of hydrogen-bond acceptors (Lipinski definition) is 2. The molecule has 0 radical (unpaired) electrons. The first kappa shape index (κ1) is 12.2. The molecule has 1 N–H and O–H groups in total. The van der Waals surface area contributed by atoms with Crippen molar-refractivity contribution in [1.29, 1.82) is 0 Å². The molecule has 0 saturated heterocycles. The van der Waals surface area contributed by atoms with Crippen molar-refractivity contribution in [3.8, 4) is 5.75 Å². The summed E-state index contributed by atoms with van der Waals surface area (Å²) in [6, 6.07) is 3.46. The molecule has 0 amide bonds. The second-order valence-electron chi connectivity index (χ2n) is 3.00. The SMILES string of the molecule is CCCSc1c(O)cccc1C(F)(F)F. The largest absolute Gasteiger partial charge is 0.507 e. The molecule has 1 rings (SSSR count). The Bertz CT molecular complexity index is 336. The molecule has 5 heteroatoms. The van der Waals surface area contributed by atoms with Crippen molar-refractivity contribution in [1.82, 2.24) is 0 Å². The van der Waals surface area contributed by atoms with Gasteiger partial charge in [0.2, 0.25) is 0 Å². The lowest BCUT2D eigenvalue weighted by atomic mass is 10.2. The number of phenolic OH excluding ortho intramolecular Hbond substituents is 1. The van der Waals surface area contributed by atoms with Crippen LogP contribution in [0.2, 0.25) is 0 Å². The van der Waals surface area contributed by atoms with Crippen molar-refractivity contribution in [3.63, 3.8) is 0 Å². The Balaban J connectivity index is 3.09. The predicted octanol–water partition coefficient (Wildman–Crippen LogP) is 3.91. The highest BCUT2D eigenvalue weighted by molar-refractivity contribution is 7.99.